The fraction of sp³-hybridized carbons (Fsp3) is 0.150. The van der Waals surface area contributed by atoms with E-state index in [1.54, 1.807) is 18.3 Å². The minimum atomic E-state index is -0.251. The second kappa shape index (κ2) is 7.97. The van der Waals surface area contributed by atoms with E-state index in [1.165, 1.54) is 0 Å². The smallest absolute Gasteiger partial charge is 0.270 e. The third-order valence-corrected chi connectivity index (χ3v) is 4.26. The Morgan fingerprint density at radius 2 is 1.96 bits per heavy atom. The number of amides is 1. The van der Waals surface area contributed by atoms with Crippen molar-refractivity contribution in [2.24, 2.45) is 0 Å². The first-order chi connectivity index (χ1) is 12.5. The zero-order chi connectivity index (χ0) is 18.5. The molecule has 1 heterocycles. The highest BCUT2D eigenvalue weighted by Gasteiger charge is 2.09. The van der Waals surface area contributed by atoms with Gasteiger partial charge in [0.05, 0.1) is 0 Å². The standard InChI is InChI=1S/C20H19ClN4O/c1-13-4-3-5-15(10-13)12-23-19(26)18-8-9-22-20(25-18)24-16-7-6-14(2)17(21)11-16/h3-11H,12H2,1-2H3,(H,23,26)(H,22,24,25). The van der Waals surface area contributed by atoms with Crippen molar-refractivity contribution < 1.29 is 4.79 Å². The largest absolute Gasteiger partial charge is 0.347 e. The van der Waals surface area contributed by atoms with Gasteiger partial charge in [0, 0.05) is 23.5 Å². The van der Waals surface area contributed by atoms with Crippen LogP contribution in [0.25, 0.3) is 0 Å². The molecule has 3 rings (SSSR count). The molecular formula is C20H19ClN4O. The lowest BCUT2D eigenvalue weighted by molar-refractivity contribution is 0.0946. The van der Waals surface area contributed by atoms with Crippen molar-refractivity contribution in [1.82, 2.24) is 15.3 Å². The number of carbonyl (C=O) groups is 1. The molecule has 0 bridgehead atoms. The average Bonchev–Trinajstić information content (AvgIpc) is 2.63. The molecule has 0 aliphatic heterocycles. The fourth-order valence-electron chi connectivity index (χ4n) is 2.44. The normalized spacial score (nSPS) is 10.4. The molecule has 0 unspecified atom stereocenters. The Kier molecular flexibility index (Phi) is 5.49. The third kappa shape index (κ3) is 4.58. The fourth-order valence-corrected chi connectivity index (χ4v) is 2.62. The van der Waals surface area contributed by atoms with E-state index in [1.807, 2.05) is 50.2 Å². The Labute approximate surface area is 157 Å². The molecule has 1 aromatic heterocycles. The summed E-state index contributed by atoms with van der Waals surface area (Å²) < 4.78 is 0. The van der Waals surface area contributed by atoms with Gasteiger partial charge in [0.1, 0.15) is 5.69 Å². The predicted octanol–water partition coefficient (Wildman–Crippen LogP) is 4.42. The molecular weight excluding hydrogens is 348 g/mol. The van der Waals surface area contributed by atoms with E-state index in [4.69, 9.17) is 11.6 Å². The zero-order valence-electron chi connectivity index (χ0n) is 14.6. The Hall–Kier alpha value is -2.92. The predicted molar refractivity (Wildman–Crippen MR) is 104 cm³/mol. The van der Waals surface area contributed by atoms with Crippen molar-refractivity contribution in [3.63, 3.8) is 0 Å². The number of rotatable bonds is 5. The topological polar surface area (TPSA) is 66.9 Å². The zero-order valence-corrected chi connectivity index (χ0v) is 15.3. The van der Waals surface area contributed by atoms with Gasteiger partial charge in [-0.05, 0) is 43.2 Å². The van der Waals surface area contributed by atoms with Gasteiger partial charge in [-0.25, -0.2) is 9.97 Å². The quantitative estimate of drug-likeness (QED) is 0.701. The number of anilines is 2. The van der Waals surface area contributed by atoms with Gasteiger partial charge in [-0.1, -0.05) is 47.5 Å². The molecule has 3 aromatic rings. The van der Waals surface area contributed by atoms with Gasteiger partial charge in [-0.2, -0.15) is 0 Å². The number of carbonyl (C=O) groups excluding carboxylic acids is 1. The molecule has 2 aromatic carbocycles. The molecule has 0 aliphatic carbocycles. The molecule has 0 fully saturated rings. The number of aryl methyl sites for hydroxylation is 2. The molecule has 0 spiro atoms. The van der Waals surface area contributed by atoms with Crippen LogP contribution in [-0.2, 0) is 6.54 Å². The lowest BCUT2D eigenvalue weighted by Gasteiger charge is -2.09. The van der Waals surface area contributed by atoms with Crippen LogP contribution < -0.4 is 10.6 Å². The molecule has 2 N–H and O–H groups in total. The van der Waals surface area contributed by atoms with Crippen LogP contribution in [0.3, 0.4) is 0 Å². The highest BCUT2D eigenvalue weighted by atomic mass is 35.5. The van der Waals surface area contributed by atoms with Crippen molar-refractivity contribution in [2.75, 3.05) is 5.32 Å². The SMILES string of the molecule is Cc1cccc(CNC(=O)c2ccnc(Nc3ccc(C)c(Cl)c3)n2)c1. The highest BCUT2D eigenvalue weighted by Crippen LogP contribution is 2.21. The van der Waals surface area contributed by atoms with E-state index in [0.29, 0.717) is 23.2 Å². The Bertz CT molecular complexity index is 943. The van der Waals surface area contributed by atoms with Gasteiger partial charge < -0.3 is 10.6 Å². The van der Waals surface area contributed by atoms with Gasteiger partial charge >= 0.3 is 0 Å². The van der Waals surface area contributed by atoms with E-state index in [-0.39, 0.29) is 5.91 Å². The summed E-state index contributed by atoms with van der Waals surface area (Å²) in [6, 6.07) is 15.2. The maximum Gasteiger partial charge on any atom is 0.270 e. The van der Waals surface area contributed by atoms with E-state index in [2.05, 4.69) is 20.6 Å². The van der Waals surface area contributed by atoms with Crippen LogP contribution in [0, 0.1) is 13.8 Å². The minimum Gasteiger partial charge on any atom is -0.347 e. The number of nitrogens with one attached hydrogen (secondary N) is 2. The summed E-state index contributed by atoms with van der Waals surface area (Å²) in [7, 11) is 0. The van der Waals surface area contributed by atoms with Gasteiger partial charge in [-0.15, -0.1) is 0 Å². The highest BCUT2D eigenvalue weighted by molar-refractivity contribution is 6.31. The number of aromatic nitrogens is 2. The lowest BCUT2D eigenvalue weighted by atomic mass is 10.1. The maximum absolute atomic E-state index is 12.4. The van der Waals surface area contributed by atoms with Crippen LogP contribution in [0.2, 0.25) is 5.02 Å². The van der Waals surface area contributed by atoms with Gasteiger partial charge in [0.2, 0.25) is 5.95 Å². The Balaban J connectivity index is 1.67. The molecule has 0 aliphatic rings. The summed E-state index contributed by atoms with van der Waals surface area (Å²) in [5.74, 6) is 0.0898. The van der Waals surface area contributed by atoms with Gasteiger partial charge in [0.25, 0.3) is 5.91 Å². The van der Waals surface area contributed by atoms with Crippen LogP contribution in [0.4, 0.5) is 11.6 Å². The monoisotopic (exact) mass is 366 g/mol. The van der Waals surface area contributed by atoms with E-state index in [9.17, 15) is 4.79 Å². The molecule has 0 atom stereocenters. The first-order valence-electron chi connectivity index (χ1n) is 8.21. The van der Waals surface area contributed by atoms with Crippen LogP contribution in [0.5, 0.6) is 0 Å². The summed E-state index contributed by atoms with van der Waals surface area (Å²) >= 11 is 6.13. The van der Waals surface area contributed by atoms with Crippen molar-refractivity contribution >= 4 is 29.1 Å². The van der Waals surface area contributed by atoms with Crippen LogP contribution in [0.15, 0.2) is 54.7 Å². The molecule has 5 nitrogen and oxygen atoms in total. The number of hydrogen-bond acceptors (Lipinski definition) is 4. The Morgan fingerprint density at radius 1 is 1.12 bits per heavy atom. The number of nitrogens with zero attached hydrogens (tertiary/aromatic N) is 2. The first kappa shape index (κ1) is 17.9. The van der Waals surface area contributed by atoms with Gasteiger partial charge in [0.15, 0.2) is 0 Å². The summed E-state index contributed by atoms with van der Waals surface area (Å²) in [4.78, 5) is 20.8. The summed E-state index contributed by atoms with van der Waals surface area (Å²) in [6.07, 6.45) is 1.55. The minimum absolute atomic E-state index is 0.251. The number of halogens is 1. The molecule has 132 valence electrons. The van der Waals surface area contributed by atoms with E-state index < -0.39 is 0 Å². The third-order valence-electron chi connectivity index (χ3n) is 3.85. The second-order valence-electron chi connectivity index (χ2n) is 6.03. The van der Waals surface area contributed by atoms with Crippen LogP contribution in [-0.4, -0.2) is 15.9 Å². The van der Waals surface area contributed by atoms with Crippen molar-refractivity contribution in [3.05, 3.63) is 82.1 Å². The molecule has 0 radical (unpaired) electrons. The lowest BCUT2D eigenvalue weighted by Crippen LogP contribution is -2.24. The Morgan fingerprint density at radius 3 is 2.73 bits per heavy atom. The van der Waals surface area contributed by atoms with E-state index >= 15 is 0 Å². The summed E-state index contributed by atoms with van der Waals surface area (Å²) in [5.41, 5.74) is 4.25. The van der Waals surface area contributed by atoms with Crippen molar-refractivity contribution in [1.29, 1.82) is 0 Å². The van der Waals surface area contributed by atoms with Crippen LogP contribution in [0.1, 0.15) is 27.2 Å². The van der Waals surface area contributed by atoms with Crippen LogP contribution >= 0.6 is 11.6 Å². The van der Waals surface area contributed by atoms with Crippen molar-refractivity contribution in [3.8, 4) is 0 Å². The van der Waals surface area contributed by atoms with E-state index in [0.717, 1.165) is 22.4 Å². The van der Waals surface area contributed by atoms with Crippen molar-refractivity contribution in [2.45, 2.75) is 20.4 Å². The maximum atomic E-state index is 12.4. The van der Waals surface area contributed by atoms with Gasteiger partial charge in [-0.3, -0.25) is 4.79 Å². The molecule has 0 saturated carbocycles. The molecule has 1 amide bonds. The molecule has 6 heteroatoms. The molecule has 26 heavy (non-hydrogen) atoms. The second-order valence-corrected chi connectivity index (χ2v) is 6.43. The average molecular weight is 367 g/mol. The number of benzene rings is 2. The number of hydrogen-bond donors (Lipinski definition) is 2. The first-order valence-corrected chi connectivity index (χ1v) is 8.59. The summed E-state index contributed by atoms with van der Waals surface area (Å²) in [6.45, 7) is 4.40. The molecule has 0 saturated heterocycles. The summed E-state index contributed by atoms with van der Waals surface area (Å²) in [5, 5.41) is 6.59.